The molecule has 0 bridgehead atoms. The summed E-state index contributed by atoms with van der Waals surface area (Å²) in [5.74, 6) is -2.35. The van der Waals surface area contributed by atoms with Gasteiger partial charge in [0.15, 0.2) is 12.4 Å². The number of rotatable bonds is 58. The Bertz CT molecular complexity index is 1660. The Hall–Kier alpha value is -4.05. The molecule has 0 radical (unpaired) electrons. The number of hydrogen-bond donors (Lipinski definition) is 0. The summed E-state index contributed by atoms with van der Waals surface area (Å²) in [4.78, 5) is 37.4. The van der Waals surface area contributed by atoms with Gasteiger partial charge in [0.1, 0.15) is 13.2 Å². The SMILES string of the molecule is CC/C=C\C/C=C\C/C=C\C/C=C\C/C=C\C/C=C\C/C=C\C/C=C\CCCCC(=O)OC(COC(=O)CCCCCCCCCCCCCCCCC/C=C\CCCCCCCCCC)COC(OCC[N+](C)(C)C)C(=O)[O-]. The van der Waals surface area contributed by atoms with E-state index in [0.29, 0.717) is 17.4 Å². The number of esters is 2. The Balaban J connectivity index is 4.28. The van der Waals surface area contributed by atoms with Crippen LogP contribution in [0.2, 0.25) is 0 Å². The Kier molecular flexibility index (Phi) is 57.0. The molecule has 0 spiro atoms. The molecule has 0 aromatic rings. The van der Waals surface area contributed by atoms with Crippen molar-refractivity contribution in [2.45, 2.75) is 270 Å². The van der Waals surface area contributed by atoms with E-state index in [9.17, 15) is 19.5 Å². The van der Waals surface area contributed by atoms with Crippen molar-refractivity contribution in [2.75, 3.05) is 47.5 Å². The number of unbranched alkanes of at least 4 members (excludes halogenated alkanes) is 25. The molecule has 0 saturated carbocycles. The summed E-state index contributed by atoms with van der Waals surface area (Å²) in [7, 11) is 5.91. The van der Waals surface area contributed by atoms with Crippen LogP contribution >= 0.6 is 0 Å². The lowest BCUT2D eigenvalue weighted by Crippen LogP contribution is -2.44. The zero-order valence-corrected chi connectivity index (χ0v) is 51.5. The van der Waals surface area contributed by atoms with E-state index in [-0.39, 0.29) is 38.6 Å². The maximum atomic E-state index is 12.9. The van der Waals surface area contributed by atoms with Crippen molar-refractivity contribution in [3.8, 4) is 0 Å². The average molecular weight is 1100 g/mol. The average Bonchev–Trinajstić information content (AvgIpc) is 3.42. The Morgan fingerprint density at radius 2 is 0.722 bits per heavy atom. The van der Waals surface area contributed by atoms with Crippen molar-refractivity contribution in [1.29, 1.82) is 0 Å². The van der Waals surface area contributed by atoms with Crippen LogP contribution < -0.4 is 5.11 Å². The molecule has 9 nitrogen and oxygen atoms in total. The summed E-state index contributed by atoms with van der Waals surface area (Å²) < 4.78 is 22.7. The highest BCUT2D eigenvalue weighted by Crippen LogP contribution is 2.16. The number of hydrogen-bond acceptors (Lipinski definition) is 8. The number of allylic oxidation sites excluding steroid dienone is 18. The molecule has 0 heterocycles. The molecule has 0 fully saturated rings. The van der Waals surface area contributed by atoms with Gasteiger partial charge in [-0.05, 0) is 103 Å². The van der Waals surface area contributed by atoms with Crippen LogP contribution in [0, 0.1) is 0 Å². The van der Waals surface area contributed by atoms with Gasteiger partial charge >= 0.3 is 11.9 Å². The number of aliphatic carboxylic acids is 1. The largest absolute Gasteiger partial charge is 0.545 e. The molecule has 0 aromatic heterocycles. The van der Waals surface area contributed by atoms with E-state index in [0.717, 1.165) is 83.5 Å². The van der Waals surface area contributed by atoms with Crippen molar-refractivity contribution in [3.05, 3.63) is 109 Å². The molecule has 0 N–H and O–H groups in total. The predicted octanol–water partition coefficient (Wildman–Crippen LogP) is 18.1. The number of carboxylic acids is 1. The number of ether oxygens (including phenoxy) is 4. The van der Waals surface area contributed by atoms with Crippen LogP contribution in [0.1, 0.15) is 258 Å². The van der Waals surface area contributed by atoms with Gasteiger partial charge in [-0.1, -0.05) is 252 Å². The minimum absolute atomic E-state index is 0.134. The second-order valence-electron chi connectivity index (χ2n) is 22.3. The number of carbonyl (C=O) groups is 3. The first-order valence-electron chi connectivity index (χ1n) is 32.0. The third kappa shape index (κ3) is 61.4. The molecule has 9 heteroatoms. The highest BCUT2D eigenvalue weighted by atomic mass is 16.7. The molecule has 79 heavy (non-hydrogen) atoms. The van der Waals surface area contributed by atoms with Crippen molar-refractivity contribution in [3.63, 3.8) is 0 Å². The quantitative estimate of drug-likeness (QED) is 0.0195. The number of nitrogens with zero attached hydrogens (tertiary/aromatic N) is 1. The van der Waals surface area contributed by atoms with E-state index in [2.05, 4.69) is 123 Å². The van der Waals surface area contributed by atoms with Gasteiger partial charge in [0.05, 0.1) is 40.3 Å². The molecule has 452 valence electrons. The lowest BCUT2D eigenvalue weighted by molar-refractivity contribution is -0.870. The van der Waals surface area contributed by atoms with E-state index < -0.39 is 24.3 Å². The van der Waals surface area contributed by atoms with Gasteiger partial charge in [-0.2, -0.15) is 0 Å². The first-order chi connectivity index (χ1) is 38.6. The fraction of sp³-hybridized carbons (Fsp3) is 0.700. The normalized spacial score (nSPS) is 13.5. The van der Waals surface area contributed by atoms with Crippen LogP contribution in [0.15, 0.2) is 109 Å². The number of carboxylic acid groups (broad SMARTS) is 1. The van der Waals surface area contributed by atoms with Gasteiger partial charge in [0.2, 0.25) is 0 Å². The Morgan fingerprint density at radius 1 is 0.392 bits per heavy atom. The zero-order chi connectivity index (χ0) is 57.6. The third-order valence-corrected chi connectivity index (χ3v) is 13.5. The topological polar surface area (TPSA) is 111 Å². The van der Waals surface area contributed by atoms with Crippen LogP contribution in [0.25, 0.3) is 0 Å². The fourth-order valence-corrected chi connectivity index (χ4v) is 8.61. The molecule has 0 aliphatic heterocycles. The number of carbonyl (C=O) groups excluding carboxylic acids is 3. The van der Waals surface area contributed by atoms with E-state index in [1.807, 2.05) is 21.1 Å². The molecule has 0 saturated heterocycles. The lowest BCUT2D eigenvalue weighted by Gasteiger charge is -2.26. The third-order valence-electron chi connectivity index (χ3n) is 13.5. The highest BCUT2D eigenvalue weighted by Gasteiger charge is 2.22. The number of quaternary nitrogens is 1. The summed E-state index contributed by atoms with van der Waals surface area (Å²) in [6, 6.07) is 0. The second-order valence-corrected chi connectivity index (χ2v) is 22.3. The van der Waals surface area contributed by atoms with Crippen LogP contribution in [-0.4, -0.2) is 82.3 Å². The molecule has 0 aromatic carbocycles. The van der Waals surface area contributed by atoms with E-state index in [4.69, 9.17) is 18.9 Å². The summed E-state index contributed by atoms with van der Waals surface area (Å²) in [5.41, 5.74) is 0. The minimum Gasteiger partial charge on any atom is -0.545 e. The monoisotopic (exact) mass is 1100 g/mol. The van der Waals surface area contributed by atoms with Crippen LogP contribution in [0.3, 0.4) is 0 Å². The van der Waals surface area contributed by atoms with Crippen molar-refractivity contribution in [2.24, 2.45) is 0 Å². The first-order valence-corrected chi connectivity index (χ1v) is 32.0. The van der Waals surface area contributed by atoms with Crippen molar-refractivity contribution < 1.29 is 42.9 Å². The zero-order valence-electron chi connectivity index (χ0n) is 51.5. The van der Waals surface area contributed by atoms with Crippen molar-refractivity contribution >= 4 is 17.9 Å². The summed E-state index contributed by atoms with van der Waals surface area (Å²) in [6.45, 7) is 4.59. The number of likely N-dealkylation sites (N-methyl/N-ethyl adjacent to an activating group) is 1. The molecule has 0 aliphatic rings. The standard InChI is InChI=1S/C70H119NO8/c1-6-8-10-12-14-16-18-20-22-24-26-28-30-32-34-36-38-40-42-44-46-48-50-52-54-56-58-60-67(72)77-64-66(65-78-70(69(74)75)76-63-62-71(3,4)5)79-68(73)61-59-57-55-53-51-49-47-45-43-41-39-37-35-33-31-29-27-25-23-21-19-17-15-13-11-9-7-2/h9,11,15,17,21,23-24,26-27,29,33,35,39,41,45,47,51,53,66,70H,6-8,10,12-14,16,18-20,22,25,28,30-32,34,36-38,40,42-44,46,48-50,52,54-65H2,1-5H3/b11-9-,17-15-,23-21-,26-24-,29-27-,35-33-,41-39-,47-45-,53-51-. The summed E-state index contributed by atoms with van der Waals surface area (Å²) >= 11 is 0. The summed E-state index contributed by atoms with van der Waals surface area (Å²) in [6.07, 6.45) is 80.1. The second kappa shape index (κ2) is 60.1. The molecular weight excluding hydrogens is 983 g/mol. The lowest BCUT2D eigenvalue weighted by atomic mass is 10.0. The van der Waals surface area contributed by atoms with Gasteiger partial charge < -0.3 is 33.3 Å². The molecule has 0 amide bonds. The van der Waals surface area contributed by atoms with E-state index >= 15 is 0 Å². The van der Waals surface area contributed by atoms with Crippen LogP contribution in [0.5, 0.6) is 0 Å². The van der Waals surface area contributed by atoms with Crippen LogP contribution in [0.4, 0.5) is 0 Å². The van der Waals surface area contributed by atoms with Gasteiger partial charge in [0, 0.05) is 12.8 Å². The minimum atomic E-state index is -1.64. The Morgan fingerprint density at radius 3 is 1.11 bits per heavy atom. The van der Waals surface area contributed by atoms with Crippen LogP contribution in [-0.2, 0) is 33.3 Å². The van der Waals surface area contributed by atoms with Gasteiger partial charge in [-0.15, -0.1) is 0 Å². The van der Waals surface area contributed by atoms with Gasteiger partial charge in [-0.3, -0.25) is 9.59 Å². The fourth-order valence-electron chi connectivity index (χ4n) is 8.61. The van der Waals surface area contributed by atoms with Crippen molar-refractivity contribution in [1.82, 2.24) is 0 Å². The first kappa shape index (κ1) is 75.0. The van der Waals surface area contributed by atoms with Gasteiger partial charge in [-0.25, -0.2) is 0 Å². The molecule has 0 aliphatic carbocycles. The maximum Gasteiger partial charge on any atom is 0.306 e. The van der Waals surface area contributed by atoms with Gasteiger partial charge in [0.25, 0.3) is 0 Å². The molecular formula is C70H119NO8. The Labute approximate surface area is 485 Å². The molecule has 0 rings (SSSR count). The predicted molar refractivity (Wildman–Crippen MR) is 333 cm³/mol. The highest BCUT2D eigenvalue weighted by molar-refractivity contribution is 5.70. The van der Waals surface area contributed by atoms with E-state index in [1.54, 1.807) is 0 Å². The summed E-state index contributed by atoms with van der Waals surface area (Å²) in [5, 5.41) is 11.8. The van der Waals surface area contributed by atoms with E-state index in [1.165, 1.54) is 141 Å². The molecule has 2 unspecified atom stereocenters. The molecule has 2 atom stereocenters. The maximum absolute atomic E-state index is 12.9. The smallest absolute Gasteiger partial charge is 0.306 e.